The van der Waals surface area contributed by atoms with E-state index < -0.39 is 18.1 Å². The molecule has 1 heterocycles. The van der Waals surface area contributed by atoms with Crippen LogP contribution in [0, 0.1) is 11.8 Å². The largest absolute Gasteiger partial charge is 0.447 e. The summed E-state index contributed by atoms with van der Waals surface area (Å²) in [5.74, 6) is -1.01. The standard InChI is InChI=1S/C23H27NO4/c1-16(2)20-15-28-23(27)24(20)22(26)19(13-17-9-5-3-6-10-17)21(25)14-18-11-7-4-8-12-18/h3-12,16,19-21,25H,13-15H2,1-2H3/t19-,20-,21-/m0/s1. The second kappa shape index (κ2) is 9.02. The molecule has 2 aromatic rings. The van der Waals surface area contributed by atoms with E-state index in [1.807, 2.05) is 74.5 Å². The van der Waals surface area contributed by atoms with E-state index in [0.717, 1.165) is 11.1 Å². The Bertz CT molecular complexity index is 791. The van der Waals surface area contributed by atoms with Crippen LogP contribution in [-0.2, 0) is 22.4 Å². The molecule has 1 aliphatic rings. The molecule has 28 heavy (non-hydrogen) atoms. The fourth-order valence-corrected chi connectivity index (χ4v) is 3.61. The Balaban J connectivity index is 1.86. The zero-order valence-electron chi connectivity index (χ0n) is 16.3. The van der Waals surface area contributed by atoms with Crippen molar-refractivity contribution in [2.45, 2.75) is 38.8 Å². The molecule has 3 atom stereocenters. The summed E-state index contributed by atoms with van der Waals surface area (Å²) in [6.45, 7) is 4.12. The fraction of sp³-hybridized carbons (Fsp3) is 0.391. The molecule has 1 aliphatic heterocycles. The van der Waals surface area contributed by atoms with E-state index in [4.69, 9.17) is 4.74 Å². The number of nitrogens with zero attached hydrogens (tertiary/aromatic N) is 1. The van der Waals surface area contributed by atoms with Gasteiger partial charge in [-0.15, -0.1) is 0 Å². The highest BCUT2D eigenvalue weighted by atomic mass is 16.6. The summed E-state index contributed by atoms with van der Waals surface area (Å²) in [4.78, 5) is 26.9. The van der Waals surface area contributed by atoms with Gasteiger partial charge in [-0.2, -0.15) is 0 Å². The Morgan fingerprint density at radius 3 is 2.11 bits per heavy atom. The third kappa shape index (κ3) is 4.60. The van der Waals surface area contributed by atoms with Gasteiger partial charge in [-0.05, 0) is 29.9 Å². The number of carbonyl (C=O) groups is 2. The molecule has 5 heteroatoms. The first kappa shape index (κ1) is 20.1. The summed E-state index contributed by atoms with van der Waals surface area (Å²) in [6.07, 6.45) is -0.813. The maximum atomic E-state index is 13.4. The Labute approximate surface area is 165 Å². The molecule has 2 amide bonds. The number of hydrogen-bond donors (Lipinski definition) is 1. The van der Waals surface area contributed by atoms with Crippen LogP contribution in [0.5, 0.6) is 0 Å². The average molecular weight is 381 g/mol. The summed E-state index contributed by atoms with van der Waals surface area (Å²) >= 11 is 0. The van der Waals surface area contributed by atoms with E-state index in [1.165, 1.54) is 4.90 Å². The minimum Gasteiger partial charge on any atom is -0.447 e. The lowest BCUT2D eigenvalue weighted by molar-refractivity contribution is -0.137. The van der Waals surface area contributed by atoms with Crippen LogP contribution in [0.15, 0.2) is 60.7 Å². The van der Waals surface area contributed by atoms with Crippen molar-refractivity contribution in [3.05, 3.63) is 71.8 Å². The molecule has 0 spiro atoms. The lowest BCUT2D eigenvalue weighted by atomic mass is 9.88. The van der Waals surface area contributed by atoms with E-state index in [-0.39, 0.29) is 24.5 Å². The third-order valence-electron chi connectivity index (χ3n) is 5.28. The molecule has 0 saturated carbocycles. The fourth-order valence-electron chi connectivity index (χ4n) is 3.61. The number of carbonyl (C=O) groups excluding carboxylic acids is 2. The smallest absolute Gasteiger partial charge is 0.416 e. The van der Waals surface area contributed by atoms with Crippen LogP contribution in [-0.4, -0.2) is 40.8 Å². The number of aliphatic hydroxyl groups is 1. The highest BCUT2D eigenvalue weighted by molar-refractivity contribution is 5.95. The predicted molar refractivity (Wildman–Crippen MR) is 107 cm³/mol. The van der Waals surface area contributed by atoms with Gasteiger partial charge in [0.15, 0.2) is 0 Å². The lowest BCUT2D eigenvalue weighted by Crippen LogP contribution is -2.48. The minimum absolute atomic E-state index is 0.0824. The molecule has 2 aromatic carbocycles. The van der Waals surface area contributed by atoms with Crippen LogP contribution >= 0.6 is 0 Å². The number of cyclic esters (lactones) is 1. The van der Waals surface area contributed by atoms with Crippen LogP contribution in [0.2, 0.25) is 0 Å². The van der Waals surface area contributed by atoms with Crippen molar-refractivity contribution >= 4 is 12.0 Å². The Hall–Kier alpha value is -2.66. The summed E-state index contributed by atoms with van der Waals surface area (Å²) in [6, 6.07) is 18.8. The number of hydrogen-bond acceptors (Lipinski definition) is 4. The molecule has 1 fully saturated rings. The topological polar surface area (TPSA) is 66.8 Å². The monoisotopic (exact) mass is 381 g/mol. The number of amides is 2. The zero-order chi connectivity index (χ0) is 20.1. The summed E-state index contributed by atoms with van der Waals surface area (Å²) in [5, 5.41) is 11.0. The average Bonchev–Trinajstić information content (AvgIpc) is 3.09. The summed E-state index contributed by atoms with van der Waals surface area (Å²) < 4.78 is 5.14. The second-order valence-corrected chi connectivity index (χ2v) is 7.65. The summed E-state index contributed by atoms with van der Waals surface area (Å²) in [5.41, 5.74) is 1.90. The first-order valence-corrected chi connectivity index (χ1v) is 9.73. The molecule has 5 nitrogen and oxygen atoms in total. The highest BCUT2D eigenvalue weighted by Crippen LogP contribution is 2.26. The SMILES string of the molecule is CC(C)[C@@H]1COC(=O)N1C(=O)[C@@H](Cc1ccccc1)[C@@H](O)Cc1ccccc1. The molecular formula is C23H27NO4. The first-order chi connectivity index (χ1) is 13.5. The van der Waals surface area contributed by atoms with E-state index in [0.29, 0.717) is 12.8 Å². The van der Waals surface area contributed by atoms with Crippen LogP contribution in [0.25, 0.3) is 0 Å². The van der Waals surface area contributed by atoms with Gasteiger partial charge in [-0.1, -0.05) is 74.5 Å². The van der Waals surface area contributed by atoms with Crippen molar-refractivity contribution in [2.24, 2.45) is 11.8 Å². The normalized spacial score (nSPS) is 18.8. The van der Waals surface area contributed by atoms with Gasteiger partial charge in [-0.3, -0.25) is 4.79 Å². The van der Waals surface area contributed by atoms with Gasteiger partial charge in [-0.25, -0.2) is 9.69 Å². The number of ether oxygens (including phenoxy) is 1. The van der Waals surface area contributed by atoms with E-state index in [9.17, 15) is 14.7 Å². The van der Waals surface area contributed by atoms with Crippen molar-refractivity contribution < 1.29 is 19.4 Å². The van der Waals surface area contributed by atoms with Crippen molar-refractivity contribution in [1.29, 1.82) is 0 Å². The van der Waals surface area contributed by atoms with Crippen molar-refractivity contribution in [1.82, 2.24) is 4.90 Å². The Morgan fingerprint density at radius 1 is 1.04 bits per heavy atom. The molecule has 0 aliphatic carbocycles. The summed E-state index contributed by atoms with van der Waals surface area (Å²) in [7, 11) is 0. The molecule has 0 radical (unpaired) electrons. The van der Waals surface area contributed by atoms with Gasteiger partial charge >= 0.3 is 6.09 Å². The predicted octanol–water partition coefficient (Wildman–Crippen LogP) is 3.45. The van der Waals surface area contributed by atoms with Crippen LogP contribution < -0.4 is 0 Å². The highest BCUT2D eigenvalue weighted by Gasteiger charge is 2.43. The Kier molecular flexibility index (Phi) is 6.47. The first-order valence-electron chi connectivity index (χ1n) is 9.73. The molecule has 148 valence electrons. The molecule has 3 rings (SSSR count). The second-order valence-electron chi connectivity index (χ2n) is 7.65. The van der Waals surface area contributed by atoms with Crippen molar-refractivity contribution in [3.8, 4) is 0 Å². The number of imide groups is 1. The Morgan fingerprint density at radius 2 is 1.57 bits per heavy atom. The third-order valence-corrected chi connectivity index (χ3v) is 5.28. The molecular weight excluding hydrogens is 354 g/mol. The van der Waals surface area contributed by atoms with Gasteiger partial charge in [0.2, 0.25) is 5.91 Å². The quantitative estimate of drug-likeness (QED) is 0.798. The number of aliphatic hydroxyl groups excluding tert-OH is 1. The number of benzene rings is 2. The number of rotatable bonds is 7. The lowest BCUT2D eigenvalue weighted by Gasteiger charge is -2.29. The van der Waals surface area contributed by atoms with Gasteiger partial charge in [0, 0.05) is 0 Å². The molecule has 0 bridgehead atoms. The van der Waals surface area contributed by atoms with Crippen LogP contribution in [0.4, 0.5) is 4.79 Å². The van der Waals surface area contributed by atoms with Gasteiger partial charge in [0.1, 0.15) is 6.61 Å². The van der Waals surface area contributed by atoms with Gasteiger partial charge in [0.25, 0.3) is 0 Å². The van der Waals surface area contributed by atoms with E-state index in [2.05, 4.69) is 0 Å². The van der Waals surface area contributed by atoms with Gasteiger partial charge < -0.3 is 9.84 Å². The molecule has 1 N–H and O–H groups in total. The maximum Gasteiger partial charge on any atom is 0.416 e. The minimum atomic E-state index is -0.906. The maximum absolute atomic E-state index is 13.4. The van der Waals surface area contributed by atoms with Gasteiger partial charge in [0.05, 0.1) is 18.1 Å². The van der Waals surface area contributed by atoms with E-state index >= 15 is 0 Å². The van der Waals surface area contributed by atoms with Crippen molar-refractivity contribution in [3.63, 3.8) is 0 Å². The van der Waals surface area contributed by atoms with Crippen molar-refractivity contribution in [2.75, 3.05) is 6.61 Å². The zero-order valence-corrected chi connectivity index (χ0v) is 16.3. The molecule has 1 saturated heterocycles. The van der Waals surface area contributed by atoms with Crippen LogP contribution in [0.1, 0.15) is 25.0 Å². The molecule has 0 aromatic heterocycles. The van der Waals surface area contributed by atoms with Crippen LogP contribution in [0.3, 0.4) is 0 Å². The molecule has 0 unspecified atom stereocenters. The van der Waals surface area contributed by atoms with E-state index in [1.54, 1.807) is 0 Å².